The van der Waals surface area contributed by atoms with Crippen LogP contribution in [-0.2, 0) is 6.61 Å². The molecule has 0 aliphatic carbocycles. The van der Waals surface area contributed by atoms with Gasteiger partial charge in [0.1, 0.15) is 13.2 Å². The van der Waals surface area contributed by atoms with Crippen LogP contribution in [0.3, 0.4) is 0 Å². The number of carbonyl (C=O) groups excluding carboxylic acids is 1. The molecule has 3 aromatic rings. The summed E-state index contributed by atoms with van der Waals surface area (Å²) in [7, 11) is 4.89. The van der Waals surface area contributed by atoms with E-state index in [-0.39, 0.29) is 5.91 Å². The summed E-state index contributed by atoms with van der Waals surface area (Å²) >= 11 is 0. The van der Waals surface area contributed by atoms with Gasteiger partial charge in [0.15, 0.2) is 23.0 Å². The van der Waals surface area contributed by atoms with E-state index in [0.717, 1.165) is 5.56 Å². The molecule has 6 nitrogen and oxygen atoms in total. The zero-order valence-electron chi connectivity index (χ0n) is 18.0. The number of ether oxygens (including phenoxy) is 4. The van der Waals surface area contributed by atoms with Crippen LogP contribution in [0.2, 0.25) is 0 Å². The minimum atomic E-state index is -0.128. The molecule has 162 valence electrons. The van der Waals surface area contributed by atoms with Gasteiger partial charge < -0.3 is 23.8 Å². The highest BCUT2D eigenvalue weighted by molar-refractivity contribution is 5.94. The summed E-state index contributed by atoms with van der Waals surface area (Å²) in [5, 5.41) is 0. The van der Waals surface area contributed by atoms with Crippen molar-refractivity contribution in [3.63, 3.8) is 0 Å². The van der Waals surface area contributed by atoms with E-state index in [2.05, 4.69) is 0 Å². The number of amides is 1. The van der Waals surface area contributed by atoms with Crippen LogP contribution >= 0.6 is 0 Å². The fraction of sp³-hybridized carbons (Fsp3) is 0.240. The van der Waals surface area contributed by atoms with Crippen LogP contribution in [0.15, 0.2) is 72.8 Å². The van der Waals surface area contributed by atoms with Gasteiger partial charge in [-0.1, -0.05) is 42.5 Å². The van der Waals surface area contributed by atoms with Crippen molar-refractivity contribution in [3.8, 4) is 23.0 Å². The number of benzene rings is 3. The number of nitrogens with zero attached hydrogens (tertiary/aromatic N) is 1. The zero-order valence-corrected chi connectivity index (χ0v) is 18.0. The Morgan fingerprint density at radius 2 is 1.42 bits per heavy atom. The van der Waals surface area contributed by atoms with Crippen molar-refractivity contribution in [2.75, 3.05) is 34.4 Å². The molecule has 0 aromatic heterocycles. The number of methoxy groups -OCH3 is 2. The Morgan fingerprint density at radius 3 is 2.13 bits per heavy atom. The van der Waals surface area contributed by atoms with Crippen molar-refractivity contribution < 1.29 is 23.7 Å². The Balaban J connectivity index is 1.58. The Kier molecular flexibility index (Phi) is 7.76. The molecule has 0 saturated carbocycles. The molecule has 0 aliphatic heterocycles. The highest BCUT2D eigenvalue weighted by Crippen LogP contribution is 2.29. The van der Waals surface area contributed by atoms with E-state index in [9.17, 15) is 4.79 Å². The van der Waals surface area contributed by atoms with Gasteiger partial charge >= 0.3 is 0 Å². The maximum atomic E-state index is 12.8. The second-order valence-electron chi connectivity index (χ2n) is 6.87. The van der Waals surface area contributed by atoms with Crippen LogP contribution in [0.1, 0.15) is 15.9 Å². The Labute approximate surface area is 182 Å². The van der Waals surface area contributed by atoms with Crippen molar-refractivity contribution in [1.82, 2.24) is 4.90 Å². The highest BCUT2D eigenvalue weighted by atomic mass is 16.5. The first-order chi connectivity index (χ1) is 15.1. The van der Waals surface area contributed by atoms with Crippen molar-refractivity contribution >= 4 is 5.91 Å². The van der Waals surface area contributed by atoms with Crippen LogP contribution in [0.5, 0.6) is 23.0 Å². The van der Waals surface area contributed by atoms with Crippen LogP contribution in [0.4, 0.5) is 0 Å². The lowest BCUT2D eigenvalue weighted by Crippen LogP contribution is -2.30. The van der Waals surface area contributed by atoms with E-state index in [4.69, 9.17) is 18.9 Å². The smallest absolute Gasteiger partial charge is 0.253 e. The maximum Gasteiger partial charge on any atom is 0.253 e. The average Bonchev–Trinajstić information content (AvgIpc) is 2.83. The Morgan fingerprint density at radius 1 is 0.774 bits per heavy atom. The summed E-state index contributed by atoms with van der Waals surface area (Å²) in [6.45, 7) is 1.19. The van der Waals surface area contributed by atoms with Gasteiger partial charge in [0, 0.05) is 12.6 Å². The van der Waals surface area contributed by atoms with E-state index in [1.54, 1.807) is 44.4 Å². The van der Waals surface area contributed by atoms with Crippen molar-refractivity contribution in [1.29, 1.82) is 0 Å². The minimum absolute atomic E-state index is 0.128. The lowest BCUT2D eigenvalue weighted by atomic mass is 10.1. The van der Waals surface area contributed by atoms with Gasteiger partial charge in [0.25, 0.3) is 5.91 Å². The summed E-state index contributed by atoms with van der Waals surface area (Å²) in [5.41, 5.74) is 1.57. The second kappa shape index (κ2) is 10.9. The summed E-state index contributed by atoms with van der Waals surface area (Å²) in [6, 6.07) is 22.5. The van der Waals surface area contributed by atoms with Gasteiger partial charge in [0.2, 0.25) is 0 Å². The van der Waals surface area contributed by atoms with Crippen molar-refractivity contribution in [2.45, 2.75) is 6.61 Å². The molecular weight excluding hydrogens is 394 g/mol. The van der Waals surface area contributed by atoms with Gasteiger partial charge in [-0.2, -0.15) is 0 Å². The summed E-state index contributed by atoms with van der Waals surface area (Å²) in [5.74, 6) is 2.28. The molecule has 6 heteroatoms. The summed E-state index contributed by atoms with van der Waals surface area (Å²) in [6.07, 6.45) is 0. The fourth-order valence-electron chi connectivity index (χ4n) is 3.01. The number of para-hydroxylation sites is 2. The van der Waals surface area contributed by atoms with Crippen molar-refractivity contribution in [2.24, 2.45) is 0 Å². The molecule has 0 radical (unpaired) electrons. The zero-order chi connectivity index (χ0) is 22.1. The molecule has 0 unspecified atom stereocenters. The van der Waals surface area contributed by atoms with E-state index in [1.165, 1.54) is 0 Å². The normalized spacial score (nSPS) is 10.3. The number of hydrogen-bond donors (Lipinski definition) is 0. The molecule has 0 bridgehead atoms. The molecule has 0 aliphatic rings. The molecule has 0 saturated heterocycles. The Bertz CT molecular complexity index is 990. The summed E-state index contributed by atoms with van der Waals surface area (Å²) in [4.78, 5) is 14.4. The predicted molar refractivity (Wildman–Crippen MR) is 119 cm³/mol. The van der Waals surface area contributed by atoms with Gasteiger partial charge in [-0.25, -0.2) is 0 Å². The monoisotopic (exact) mass is 421 g/mol. The quantitative estimate of drug-likeness (QED) is 0.485. The first-order valence-electron chi connectivity index (χ1n) is 9.98. The van der Waals surface area contributed by atoms with Gasteiger partial charge in [0.05, 0.1) is 20.8 Å². The fourth-order valence-corrected chi connectivity index (χ4v) is 3.01. The van der Waals surface area contributed by atoms with Crippen LogP contribution < -0.4 is 18.9 Å². The van der Waals surface area contributed by atoms with Crippen LogP contribution in [-0.4, -0.2) is 45.2 Å². The van der Waals surface area contributed by atoms with Crippen LogP contribution in [0, 0.1) is 0 Å². The minimum Gasteiger partial charge on any atom is -0.493 e. The molecule has 0 atom stereocenters. The molecule has 31 heavy (non-hydrogen) atoms. The molecule has 3 aromatic carbocycles. The third-order valence-electron chi connectivity index (χ3n) is 4.75. The molecule has 0 fully saturated rings. The van der Waals surface area contributed by atoms with E-state index >= 15 is 0 Å². The van der Waals surface area contributed by atoms with Gasteiger partial charge in [-0.05, 0) is 35.9 Å². The average molecular weight is 421 g/mol. The highest BCUT2D eigenvalue weighted by Gasteiger charge is 2.15. The first kappa shape index (κ1) is 22.0. The van der Waals surface area contributed by atoms with Crippen molar-refractivity contribution in [3.05, 3.63) is 83.9 Å². The number of carbonyl (C=O) groups is 1. The third-order valence-corrected chi connectivity index (χ3v) is 4.75. The second-order valence-corrected chi connectivity index (χ2v) is 6.87. The van der Waals surface area contributed by atoms with E-state index in [0.29, 0.717) is 48.3 Å². The summed E-state index contributed by atoms with van der Waals surface area (Å²) < 4.78 is 22.3. The predicted octanol–water partition coefficient (Wildman–Crippen LogP) is 4.43. The van der Waals surface area contributed by atoms with E-state index < -0.39 is 0 Å². The SMILES string of the molecule is COc1ccccc1OCCN(C)C(=O)c1ccc(OCc2ccccc2)c(OC)c1. The first-order valence-corrected chi connectivity index (χ1v) is 9.98. The third kappa shape index (κ3) is 5.92. The molecule has 1 amide bonds. The molecule has 0 N–H and O–H groups in total. The largest absolute Gasteiger partial charge is 0.493 e. The van der Waals surface area contributed by atoms with Gasteiger partial charge in [-0.3, -0.25) is 4.79 Å². The molecule has 0 heterocycles. The lowest BCUT2D eigenvalue weighted by Gasteiger charge is -2.19. The van der Waals surface area contributed by atoms with Crippen LogP contribution in [0.25, 0.3) is 0 Å². The topological polar surface area (TPSA) is 57.2 Å². The Hall–Kier alpha value is -3.67. The maximum absolute atomic E-state index is 12.8. The lowest BCUT2D eigenvalue weighted by molar-refractivity contribution is 0.0772. The molecule has 3 rings (SSSR count). The molecular formula is C25H27NO5. The standard InChI is InChI=1S/C25H27NO5/c1-26(15-16-30-22-12-8-7-11-21(22)28-2)25(27)20-13-14-23(24(17-20)29-3)31-18-19-9-5-4-6-10-19/h4-14,17H,15-16,18H2,1-3H3. The number of likely N-dealkylation sites (N-methyl/N-ethyl adjacent to an activating group) is 1. The molecule has 0 spiro atoms. The number of hydrogen-bond acceptors (Lipinski definition) is 5. The van der Waals surface area contributed by atoms with Gasteiger partial charge in [-0.15, -0.1) is 0 Å². The number of rotatable bonds is 10. The van der Waals surface area contributed by atoms with E-state index in [1.807, 2.05) is 54.6 Å².